The topological polar surface area (TPSA) is 45.7 Å². The van der Waals surface area contributed by atoms with E-state index in [4.69, 9.17) is 4.74 Å². The molecule has 5 nitrogen and oxygen atoms in total. The third-order valence-electron chi connectivity index (χ3n) is 6.49. The number of rotatable bonds is 2. The molecule has 0 N–H and O–H groups in total. The highest BCUT2D eigenvalue weighted by Gasteiger charge is 2.53. The number of amides is 1. The zero-order valence-corrected chi connectivity index (χ0v) is 16.4. The minimum absolute atomic E-state index is 0.177. The molecule has 1 amide bonds. The van der Waals surface area contributed by atoms with Crippen LogP contribution in [0.25, 0.3) is 0 Å². The number of carbonyl (C=O) groups is 1. The van der Waals surface area contributed by atoms with Crippen molar-refractivity contribution in [3.63, 3.8) is 0 Å². The van der Waals surface area contributed by atoms with Crippen molar-refractivity contribution in [2.75, 3.05) is 24.6 Å². The van der Waals surface area contributed by atoms with Gasteiger partial charge in [0.15, 0.2) is 0 Å². The second kappa shape index (κ2) is 5.27. The number of carbonyl (C=O) groups excluding carboxylic acids is 1. The van der Waals surface area contributed by atoms with Crippen LogP contribution < -0.4 is 4.90 Å². The van der Waals surface area contributed by atoms with Gasteiger partial charge in [0.1, 0.15) is 0 Å². The molecule has 1 aromatic heterocycles. The minimum atomic E-state index is -0.530. The Morgan fingerprint density at radius 3 is 2.76 bits per heavy atom. The van der Waals surface area contributed by atoms with Gasteiger partial charge in [-0.1, -0.05) is 0 Å². The van der Waals surface area contributed by atoms with E-state index >= 15 is 0 Å². The first-order valence-electron chi connectivity index (χ1n) is 9.27. The Morgan fingerprint density at radius 1 is 1.28 bits per heavy atom. The van der Waals surface area contributed by atoms with Gasteiger partial charge in [-0.2, -0.15) is 0 Å². The fourth-order valence-corrected chi connectivity index (χ4v) is 4.98. The van der Waals surface area contributed by atoms with Crippen molar-refractivity contribution in [3.05, 3.63) is 22.4 Å². The van der Waals surface area contributed by atoms with Gasteiger partial charge in [0.25, 0.3) is 0 Å². The van der Waals surface area contributed by atoms with Crippen molar-refractivity contribution in [2.45, 2.75) is 62.6 Å². The molecule has 1 saturated heterocycles. The van der Waals surface area contributed by atoms with E-state index < -0.39 is 5.41 Å². The molecule has 0 radical (unpaired) electrons. The molecule has 5 rings (SSSR count). The number of anilines is 1. The third kappa shape index (κ3) is 2.41. The maximum Gasteiger partial charge on any atom is 0.239 e. The first kappa shape index (κ1) is 16.2. The lowest BCUT2D eigenvalue weighted by Crippen LogP contribution is -2.59. The first-order valence-corrected chi connectivity index (χ1v) is 10.1. The number of hydrogen-bond donors (Lipinski definition) is 0. The second-order valence-corrected chi connectivity index (χ2v) is 9.52. The summed E-state index contributed by atoms with van der Waals surface area (Å²) in [5, 5.41) is 0. The summed E-state index contributed by atoms with van der Waals surface area (Å²) in [7, 11) is 0. The van der Waals surface area contributed by atoms with Crippen LogP contribution in [0.15, 0.2) is 16.7 Å². The summed E-state index contributed by atoms with van der Waals surface area (Å²) < 4.78 is 6.87. The average Bonchev–Trinajstić information content (AvgIpc) is 3.23. The lowest BCUT2D eigenvalue weighted by molar-refractivity contribution is -0.123. The van der Waals surface area contributed by atoms with Crippen molar-refractivity contribution in [1.82, 2.24) is 9.88 Å². The van der Waals surface area contributed by atoms with E-state index in [-0.39, 0.29) is 11.5 Å². The maximum atomic E-state index is 13.1. The number of aromatic nitrogens is 1. The van der Waals surface area contributed by atoms with E-state index in [9.17, 15) is 4.79 Å². The van der Waals surface area contributed by atoms with Crippen LogP contribution in [0, 0.1) is 0 Å². The Morgan fingerprint density at radius 2 is 2.04 bits per heavy atom. The molecule has 134 valence electrons. The molecule has 1 aromatic rings. The summed E-state index contributed by atoms with van der Waals surface area (Å²) in [6.07, 6.45) is 6.34. The van der Waals surface area contributed by atoms with Gasteiger partial charge in [-0.15, -0.1) is 0 Å². The fourth-order valence-electron chi connectivity index (χ4n) is 4.66. The van der Waals surface area contributed by atoms with Crippen molar-refractivity contribution >= 4 is 27.5 Å². The van der Waals surface area contributed by atoms with Gasteiger partial charge in [-0.3, -0.25) is 14.7 Å². The molecule has 25 heavy (non-hydrogen) atoms. The molecule has 1 spiro atoms. The summed E-state index contributed by atoms with van der Waals surface area (Å²) >= 11 is 3.51. The Hall–Kier alpha value is -0.980. The zero-order valence-electron chi connectivity index (χ0n) is 14.8. The van der Waals surface area contributed by atoms with Crippen molar-refractivity contribution in [1.29, 1.82) is 0 Å². The summed E-state index contributed by atoms with van der Waals surface area (Å²) in [5.41, 5.74) is 1.55. The number of hydrogen-bond acceptors (Lipinski definition) is 4. The van der Waals surface area contributed by atoms with Crippen LogP contribution >= 0.6 is 15.9 Å². The predicted molar refractivity (Wildman–Crippen MR) is 98.7 cm³/mol. The standard InChI is InChI=1S/C19H24BrN3O2/c1-18(2)16-15(7-12(20)10-21-16)23(17(18)24)14-8-13(9-14)22-5-6-25-19(11-22)3-4-19/h7,10,13-14H,3-6,8-9,11H2,1-2H3. The summed E-state index contributed by atoms with van der Waals surface area (Å²) in [5.74, 6) is 0.192. The Kier molecular flexibility index (Phi) is 3.42. The van der Waals surface area contributed by atoms with Crippen LogP contribution in [-0.2, 0) is 14.9 Å². The summed E-state index contributed by atoms with van der Waals surface area (Å²) in [6, 6.07) is 2.94. The normalized spacial score (nSPS) is 32.6. The Labute approximate surface area is 156 Å². The molecule has 6 heteroatoms. The number of morpholine rings is 1. The predicted octanol–water partition coefficient (Wildman–Crippen LogP) is 2.86. The van der Waals surface area contributed by atoms with E-state index in [2.05, 4.69) is 31.9 Å². The number of halogens is 1. The fraction of sp³-hybridized carbons (Fsp3) is 0.684. The van der Waals surface area contributed by atoms with E-state index in [1.807, 2.05) is 18.7 Å². The van der Waals surface area contributed by atoms with Crippen LogP contribution in [0.3, 0.4) is 0 Å². The highest BCUT2D eigenvalue weighted by atomic mass is 79.9. The molecule has 0 unspecified atom stereocenters. The lowest BCUT2D eigenvalue weighted by Gasteiger charge is -2.49. The minimum Gasteiger partial charge on any atom is -0.372 e. The second-order valence-electron chi connectivity index (χ2n) is 8.60. The maximum absolute atomic E-state index is 13.1. The van der Waals surface area contributed by atoms with Gasteiger partial charge in [0.2, 0.25) is 5.91 Å². The van der Waals surface area contributed by atoms with Gasteiger partial charge in [0, 0.05) is 35.8 Å². The van der Waals surface area contributed by atoms with E-state index in [0.717, 1.165) is 48.4 Å². The van der Waals surface area contributed by atoms with Gasteiger partial charge >= 0.3 is 0 Å². The Bertz CT molecular complexity index is 740. The summed E-state index contributed by atoms with van der Waals surface area (Å²) in [6.45, 7) is 6.94. The third-order valence-corrected chi connectivity index (χ3v) is 6.93. The molecular weight excluding hydrogens is 382 g/mol. The first-order chi connectivity index (χ1) is 11.9. The van der Waals surface area contributed by atoms with Crippen LogP contribution in [0.1, 0.15) is 45.2 Å². The van der Waals surface area contributed by atoms with Gasteiger partial charge < -0.3 is 9.64 Å². The highest BCUT2D eigenvalue weighted by Crippen LogP contribution is 2.48. The molecule has 2 aliphatic carbocycles. The smallest absolute Gasteiger partial charge is 0.239 e. The molecule has 0 bridgehead atoms. The molecular formula is C19H24BrN3O2. The quantitative estimate of drug-likeness (QED) is 0.758. The van der Waals surface area contributed by atoms with E-state index in [1.54, 1.807) is 6.20 Å². The zero-order chi connectivity index (χ0) is 17.4. The van der Waals surface area contributed by atoms with Crippen LogP contribution in [-0.4, -0.2) is 53.2 Å². The molecule has 2 saturated carbocycles. The van der Waals surface area contributed by atoms with Crippen LogP contribution in [0.5, 0.6) is 0 Å². The lowest BCUT2D eigenvalue weighted by atomic mass is 9.83. The monoisotopic (exact) mass is 405 g/mol. The highest BCUT2D eigenvalue weighted by molar-refractivity contribution is 9.10. The van der Waals surface area contributed by atoms with Crippen LogP contribution in [0.4, 0.5) is 5.69 Å². The van der Waals surface area contributed by atoms with Crippen molar-refractivity contribution < 1.29 is 9.53 Å². The SMILES string of the molecule is CC1(C)C(=O)N(C2CC(N3CCOC4(CC4)C3)C2)c2cc(Br)cnc21. The van der Waals surface area contributed by atoms with Gasteiger partial charge in [-0.05, 0) is 61.5 Å². The molecule has 3 heterocycles. The number of ether oxygens (including phenoxy) is 1. The molecule has 4 aliphatic rings. The molecule has 0 atom stereocenters. The number of pyridine rings is 1. The molecule has 3 fully saturated rings. The van der Waals surface area contributed by atoms with Crippen LogP contribution in [0.2, 0.25) is 0 Å². The number of nitrogens with zero attached hydrogens (tertiary/aromatic N) is 3. The molecule has 2 aliphatic heterocycles. The number of fused-ring (bicyclic) bond motifs is 1. The van der Waals surface area contributed by atoms with Crippen molar-refractivity contribution in [2.24, 2.45) is 0 Å². The van der Waals surface area contributed by atoms with Gasteiger partial charge in [0.05, 0.1) is 29.0 Å². The Balaban J connectivity index is 1.34. The van der Waals surface area contributed by atoms with E-state index in [0.29, 0.717) is 12.1 Å². The largest absolute Gasteiger partial charge is 0.372 e. The van der Waals surface area contributed by atoms with E-state index in [1.165, 1.54) is 12.8 Å². The summed E-state index contributed by atoms with van der Waals surface area (Å²) in [4.78, 5) is 22.2. The van der Waals surface area contributed by atoms with Gasteiger partial charge in [-0.25, -0.2) is 0 Å². The average molecular weight is 406 g/mol. The van der Waals surface area contributed by atoms with Crippen molar-refractivity contribution in [3.8, 4) is 0 Å². The molecule has 0 aromatic carbocycles.